The Labute approximate surface area is 90.8 Å². The maximum absolute atomic E-state index is 11.7. The Balaban J connectivity index is 1.97. The predicted octanol–water partition coefficient (Wildman–Crippen LogP) is 0.484. The van der Waals surface area contributed by atoms with E-state index in [0.29, 0.717) is 16.9 Å². The van der Waals surface area contributed by atoms with Gasteiger partial charge in [-0.25, -0.2) is 0 Å². The van der Waals surface area contributed by atoms with Gasteiger partial charge in [-0.2, -0.15) is 0 Å². The maximum Gasteiger partial charge on any atom is 0.255 e. The highest BCUT2D eigenvalue weighted by molar-refractivity contribution is 7.18. The topological polar surface area (TPSA) is 90.1 Å². The van der Waals surface area contributed by atoms with Gasteiger partial charge in [0, 0.05) is 6.61 Å². The highest BCUT2D eigenvalue weighted by Gasteiger charge is 2.31. The molecule has 6 nitrogen and oxygen atoms in total. The van der Waals surface area contributed by atoms with Crippen LogP contribution in [0, 0.1) is 5.92 Å². The van der Waals surface area contributed by atoms with Crippen LogP contribution in [0.15, 0.2) is 0 Å². The molecule has 15 heavy (non-hydrogen) atoms. The normalized spacial score (nSPS) is 25.4. The molecule has 2 heterocycles. The fourth-order valence-corrected chi connectivity index (χ4v) is 2.01. The molecule has 0 bridgehead atoms. The fourth-order valence-electron chi connectivity index (χ4n) is 1.49. The van der Waals surface area contributed by atoms with Crippen molar-refractivity contribution in [2.75, 3.05) is 17.7 Å². The summed E-state index contributed by atoms with van der Waals surface area (Å²) >= 11 is 1.14. The van der Waals surface area contributed by atoms with Crippen molar-refractivity contribution in [1.82, 2.24) is 10.2 Å². The minimum absolute atomic E-state index is 0.170. The highest BCUT2D eigenvalue weighted by Crippen LogP contribution is 2.23. The average Bonchev–Trinajstić information content (AvgIpc) is 2.75. The van der Waals surface area contributed by atoms with Crippen molar-refractivity contribution < 1.29 is 9.53 Å². The summed E-state index contributed by atoms with van der Waals surface area (Å²) in [5.41, 5.74) is 5.40. The minimum atomic E-state index is -0.380. The van der Waals surface area contributed by atoms with Gasteiger partial charge in [0.2, 0.25) is 10.3 Å². The number of amides is 1. The second-order valence-corrected chi connectivity index (χ2v) is 4.50. The summed E-state index contributed by atoms with van der Waals surface area (Å²) in [6.45, 7) is 2.63. The number of hydrogen-bond donors (Lipinski definition) is 2. The molecule has 1 aromatic rings. The lowest BCUT2D eigenvalue weighted by molar-refractivity contribution is -0.126. The van der Waals surface area contributed by atoms with Crippen LogP contribution >= 0.6 is 11.3 Å². The van der Waals surface area contributed by atoms with Crippen LogP contribution in [0.5, 0.6) is 0 Å². The summed E-state index contributed by atoms with van der Waals surface area (Å²) in [5, 5.41) is 10.7. The summed E-state index contributed by atoms with van der Waals surface area (Å²) in [5.74, 6) is 0.0754. The molecule has 0 aliphatic carbocycles. The van der Waals surface area contributed by atoms with Crippen LogP contribution < -0.4 is 11.1 Å². The maximum atomic E-state index is 11.7. The molecular formula is C8H12N4O2S. The van der Waals surface area contributed by atoms with Crippen LogP contribution in [0.3, 0.4) is 0 Å². The first kappa shape index (κ1) is 10.3. The zero-order valence-electron chi connectivity index (χ0n) is 8.27. The Morgan fingerprint density at radius 2 is 2.47 bits per heavy atom. The number of nitrogens with zero attached hydrogens (tertiary/aromatic N) is 2. The van der Waals surface area contributed by atoms with E-state index in [9.17, 15) is 4.79 Å². The third kappa shape index (κ3) is 2.24. The lowest BCUT2D eigenvalue weighted by Gasteiger charge is -2.12. The number of nitrogens with two attached hydrogens (primary N) is 1. The predicted molar refractivity (Wildman–Crippen MR) is 56.5 cm³/mol. The Morgan fingerprint density at radius 1 is 1.67 bits per heavy atom. The SMILES string of the molecule is CC1CCOC1C(=O)Nc1nnc(N)s1. The fraction of sp³-hybridized carbons (Fsp3) is 0.625. The van der Waals surface area contributed by atoms with Crippen molar-refractivity contribution in [2.45, 2.75) is 19.4 Å². The van der Waals surface area contributed by atoms with Crippen LogP contribution in [0.2, 0.25) is 0 Å². The molecule has 0 radical (unpaired) electrons. The molecule has 2 atom stereocenters. The molecule has 7 heteroatoms. The number of nitrogen functional groups attached to an aromatic ring is 1. The van der Waals surface area contributed by atoms with E-state index >= 15 is 0 Å². The zero-order chi connectivity index (χ0) is 10.8. The van der Waals surface area contributed by atoms with Crippen LogP contribution in [-0.2, 0) is 9.53 Å². The number of anilines is 2. The Hall–Kier alpha value is -1.21. The first-order chi connectivity index (χ1) is 7.16. The van der Waals surface area contributed by atoms with Crippen LogP contribution in [0.4, 0.5) is 10.3 Å². The van der Waals surface area contributed by atoms with E-state index in [1.807, 2.05) is 6.92 Å². The lowest BCUT2D eigenvalue weighted by Crippen LogP contribution is -2.31. The number of hydrogen-bond acceptors (Lipinski definition) is 6. The summed E-state index contributed by atoms with van der Waals surface area (Å²) in [6, 6.07) is 0. The lowest BCUT2D eigenvalue weighted by atomic mass is 10.0. The van der Waals surface area contributed by atoms with E-state index in [2.05, 4.69) is 15.5 Å². The first-order valence-electron chi connectivity index (χ1n) is 4.68. The van der Waals surface area contributed by atoms with Gasteiger partial charge in [0.15, 0.2) is 0 Å². The smallest absolute Gasteiger partial charge is 0.255 e. The molecule has 1 amide bonds. The van der Waals surface area contributed by atoms with Crippen LogP contribution in [0.1, 0.15) is 13.3 Å². The van der Waals surface area contributed by atoms with Gasteiger partial charge >= 0.3 is 0 Å². The van der Waals surface area contributed by atoms with E-state index in [1.54, 1.807) is 0 Å². The third-order valence-electron chi connectivity index (χ3n) is 2.32. The van der Waals surface area contributed by atoms with E-state index in [4.69, 9.17) is 10.5 Å². The number of aromatic nitrogens is 2. The van der Waals surface area contributed by atoms with Crippen molar-refractivity contribution in [1.29, 1.82) is 0 Å². The second kappa shape index (κ2) is 4.11. The number of ether oxygens (including phenoxy) is 1. The largest absolute Gasteiger partial charge is 0.374 e. The summed E-state index contributed by atoms with van der Waals surface area (Å²) in [6.07, 6.45) is 0.534. The zero-order valence-corrected chi connectivity index (χ0v) is 9.08. The average molecular weight is 228 g/mol. The first-order valence-corrected chi connectivity index (χ1v) is 5.50. The van der Waals surface area contributed by atoms with E-state index in [-0.39, 0.29) is 17.9 Å². The molecule has 2 unspecified atom stereocenters. The molecule has 1 aliphatic heterocycles. The number of rotatable bonds is 2. The van der Waals surface area contributed by atoms with Gasteiger partial charge in [-0.05, 0) is 12.3 Å². The van der Waals surface area contributed by atoms with Crippen molar-refractivity contribution >= 4 is 27.5 Å². The molecule has 2 rings (SSSR count). The van der Waals surface area contributed by atoms with Crippen LogP contribution in [-0.4, -0.2) is 28.8 Å². The minimum Gasteiger partial charge on any atom is -0.374 e. The van der Waals surface area contributed by atoms with Crippen molar-refractivity contribution in [2.24, 2.45) is 5.92 Å². The Kier molecular flexibility index (Phi) is 2.83. The molecule has 0 aromatic carbocycles. The Bertz CT molecular complexity index is 367. The molecule has 1 fully saturated rings. The van der Waals surface area contributed by atoms with Gasteiger partial charge in [0.25, 0.3) is 5.91 Å². The molecule has 0 saturated carbocycles. The quantitative estimate of drug-likeness (QED) is 0.768. The molecule has 0 spiro atoms. The van der Waals surface area contributed by atoms with E-state index in [0.717, 1.165) is 17.8 Å². The molecule has 3 N–H and O–H groups in total. The van der Waals surface area contributed by atoms with E-state index < -0.39 is 0 Å². The van der Waals surface area contributed by atoms with E-state index in [1.165, 1.54) is 0 Å². The van der Waals surface area contributed by atoms with Crippen LogP contribution in [0.25, 0.3) is 0 Å². The second-order valence-electron chi connectivity index (χ2n) is 3.49. The molecule has 82 valence electrons. The highest BCUT2D eigenvalue weighted by atomic mass is 32.1. The Morgan fingerprint density at radius 3 is 3.00 bits per heavy atom. The standard InChI is InChI=1S/C8H12N4O2S/c1-4-2-3-14-5(4)6(13)10-8-12-11-7(9)15-8/h4-5H,2-3H2,1H3,(H2,9,11)(H,10,12,13). The van der Waals surface area contributed by atoms with Crippen molar-refractivity contribution in [3.63, 3.8) is 0 Å². The van der Waals surface area contributed by atoms with Crippen molar-refractivity contribution in [3.05, 3.63) is 0 Å². The van der Waals surface area contributed by atoms with Gasteiger partial charge in [0.1, 0.15) is 6.10 Å². The van der Waals surface area contributed by atoms with Gasteiger partial charge in [-0.3, -0.25) is 10.1 Å². The van der Waals surface area contributed by atoms with Gasteiger partial charge in [-0.15, -0.1) is 10.2 Å². The van der Waals surface area contributed by atoms with Gasteiger partial charge < -0.3 is 10.5 Å². The summed E-state index contributed by atoms with van der Waals surface area (Å²) in [7, 11) is 0. The summed E-state index contributed by atoms with van der Waals surface area (Å²) < 4.78 is 5.32. The van der Waals surface area contributed by atoms with Gasteiger partial charge in [-0.1, -0.05) is 18.3 Å². The third-order valence-corrected chi connectivity index (χ3v) is 2.98. The van der Waals surface area contributed by atoms with Gasteiger partial charge in [0.05, 0.1) is 0 Å². The summed E-state index contributed by atoms with van der Waals surface area (Å²) in [4.78, 5) is 11.7. The molecule has 1 aliphatic rings. The molecule has 1 aromatic heterocycles. The number of carbonyl (C=O) groups excluding carboxylic acids is 1. The monoisotopic (exact) mass is 228 g/mol. The number of nitrogens with one attached hydrogen (secondary N) is 1. The molecular weight excluding hydrogens is 216 g/mol. The van der Waals surface area contributed by atoms with Crippen molar-refractivity contribution in [3.8, 4) is 0 Å². The molecule has 1 saturated heterocycles. The number of carbonyl (C=O) groups is 1.